The van der Waals surface area contributed by atoms with Crippen LogP contribution in [0.25, 0.3) is 0 Å². The van der Waals surface area contributed by atoms with Crippen LogP contribution in [-0.4, -0.2) is 48.6 Å². The Balaban J connectivity index is 2.68. The number of rotatable bonds is 6. The van der Waals surface area contributed by atoms with Crippen molar-refractivity contribution in [1.29, 1.82) is 0 Å². The largest absolute Gasteiger partial charge is 0.369 e. The lowest BCUT2D eigenvalue weighted by Gasteiger charge is -2.22. The Morgan fingerprint density at radius 2 is 1.95 bits per heavy atom. The van der Waals surface area contributed by atoms with Crippen molar-refractivity contribution in [3.63, 3.8) is 0 Å². The lowest BCUT2D eigenvalue weighted by Crippen LogP contribution is -2.44. The first-order chi connectivity index (χ1) is 9.17. The van der Waals surface area contributed by atoms with Gasteiger partial charge in [0.15, 0.2) is 15.5 Å². The molecule has 112 valence electrons. The Bertz CT molecular complexity index is 567. The highest BCUT2D eigenvalue weighted by Gasteiger charge is 2.30. The van der Waals surface area contributed by atoms with E-state index >= 15 is 0 Å². The third kappa shape index (κ3) is 4.16. The maximum Gasteiger partial charge on any atom is 0.271 e. The molecule has 1 heterocycles. The molecule has 0 bridgehead atoms. The van der Waals surface area contributed by atoms with E-state index in [0.29, 0.717) is 12.4 Å². The van der Waals surface area contributed by atoms with E-state index in [-0.39, 0.29) is 12.2 Å². The number of hydrogen-bond donors (Lipinski definition) is 2. The molecule has 0 radical (unpaired) electrons. The average molecular weight is 300 g/mol. The molecule has 7 nitrogen and oxygen atoms in total. The quantitative estimate of drug-likeness (QED) is 0.791. The first kappa shape index (κ1) is 16.4. The fourth-order valence-corrected chi connectivity index (χ4v) is 1.58. The molecule has 0 saturated carbocycles. The summed E-state index contributed by atoms with van der Waals surface area (Å²) >= 11 is 0. The van der Waals surface area contributed by atoms with E-state index in [4.69, 9.17) is 0 Å². The molecule has 8 heteroatoms. The van der Waals surface area contributed by atoms with E-state index < -0.39 is 20.5 Å². The van der Waals surface area contributed by atoms with E-state index in [1.54, 1.807) is 19.9 Å². The third-order valence-corrected chi connectivity index (χ3v) is 5.09. The van der Waals surface area contributed by atoms with Crippen LogP contribution in [-0.2, 0) is 9.84 Å². The number of aromatic nitrogens is 2. The summed E-state index contributed by atoms with van der Waals surface area (Å²) in [5.41, 5.74) is 0.149. The molecule has 0 unspecified atom stereocenters. The van der Waals surface area contributed by atoms with E-state index in [1.807, 2.05) is 6.92 Å². The number of nitrogens with one attached hydrogen (secondary N) is 2. The van der Waals surface area contributed by atoms with Gasteiger partial charge in [-0.1, -0.05) is 0 Å². The van der Waals surface area contributed by atoms with Crippen molar-refractivity contribution in [1.82, 2.24) is 15.5 Å². The number of carbonyl (C=O) groups is 1. The maximum absolute atomic E-state index is 11.9. The summed E-state index contributed by atoms with van der Waals surface area (Å²) in [6.07, 6.45) is 1.14. The molecule has 0 saturated heterocycles. The van der Waals surface area contributed by atoms with E-state index in [0.717, 1.165) is 6.26 Å². The summed E-state index contributed by atoms with van der Waals surface area (Å²) in [7, 11) is -3.26. The number of hydrogen-bond acceptors (Lipinski definition) is 6. The van der Waals surface area contributed by atoms with E-state index in [9.17, 15) is 13.2 Å². The molecule has 1 aromatic heterocycles. The molecular formula is C12H20N4O3S. The maximum atomic E-state index is 11.9. The highest BCUT2D eigenvalue weighted by molar-refractivity contribution is 7.92. The van der Waals surface area contributed by atoms with Gasteiger partial charge >= 0.3 is 0 Å². The zero-order valence-corrected chi connectivity index (χ0v) is 12.9. The monoisotopic (exact) mass is 300 g/mol. The van der Waals surface area contributed by atoms with E-state index in [1.165, 1.54) is 6.07 Å². The molecule has 1 aromatic rings. The summed E-state index contributed by atoms with van der Waals surface area (Å²) in [4.78, 5) is 11.9. The smallest absolute Gasteiger partial charge is 0.271 e. The van der Waals surface area contributed by atoms with Crippen molar-refractivity contribution in [2.24, 2.45) is 0 Å². The lowest BCUT2D eigenvalue weighted by atomic mass is 10.2. The van der Waals surface area contributed by atoms with Crippen LogP contribution in [0.4, 0.5) is 5.82 Å². The zero-order valence-electron chi connectivity index (χ0n) is 12.1. The van der Waals surface area contributed by atoms with Gasteiger partial charge in [0.1, 0.15) is 5.82 Å². The summed E-state index contributed by atoms with van der Waals surface area (Å²) in [6.45, 7) is 5.77. The van der Waals surface area contributed by atoms with Gasteiger partial charge in [0, 0.05) is 19.3 Å². The van der Waals surface area contributed by atoms with E-state index in [2.05, 4.69) is 20.8 Å². The molecule has 0 spiro atoms. The highest BCUT2D eigenvalue weighted by Crippen LogP contribution is 2.13. The van der Waals surface area contributed by atoms with Gasteiger partial charge in [0.05, 0.1) is 4.75 Å². The molecule has 1 rings (SSSR count). The minimum absolute atomic E-state index is 0.0152. The van der Waals surface area contributed by atoms with Crippen LogP contribution in [0.3, 0.4) is 0 Å². The number of carbonyl (C=O) groups excluding carboxylic acids is 1. The number of anilines is 1. The molecule has 2 N–H and O–H groups in total. The van der Waals surface area contributed by atoms with Crippen molar-refractivity contribution < 1.29 is 13.2 Å². The Morgan fingerprint density at radius 3 is 2.40 bits per heavy atom. The Morgan fingerprint density at radius 1 is 1.30 bits per heavy atom. The van der Waals surface area contributed by atoms with Crippen molar-refractivity contribution >= 4 is 21.6 Å². The van der Waals surface area contributed by atoms with Crippen LogP contribution in [0, 0.1) is 0 Å². The first-order valence-corrected chi connectivity index (χ1v) is 8.12. The second kappa shape index (κ2) is 6.17. The fraction of sp³-hybridized carbons (Fsp3) is 0.583. The zero-order chi connectivity index (χ0) is 15.4. The average Bonchev–Trinajstić information content (AvgIpc) is 2.36. The minimum Gasteiger partial charge on any atom is -0.369 e. The van der Waals surface area contributed by atoms with Crippen LogP contribution < -0.4 is 10.6 Å². The van der Waals surface area contributed by atoms with Crippen molar-refractivity contribution in [2.75, 3.05) is 24.7 Å². The van der Waals surface area contributed by atoms with Gasteiger partial charge in [-0.05, 0) is 32.9 Å². The predicted molar refractivity (Wildman–Crippen MR) is 77.5 cm³/mol. The lowest BCUT2D eigenvalue weighted by molar-refractivity contribution is 0.0944. The molecule has 0 aromatic carbocycles. The van der Waals surface area contributed by atoms with Gasteiger partial charge in [-0.2, -0.15) is 0 Å². The van der Waals surface area contributed by atoms with Gasteiger partial charge in [0.25, 0.3) is 5.91 Å². The van der Waals surface area contributed by atoms with Crippen molar-refractivity contribution in [2.45, 2.75) is 25.5 Å². The van der Waals surface area contributed by atoms with Gasteiger partial charge in [-0.25, -0.2) is 8.42 Å². The van der Waals surface area contributed by atoms with Crippen LogP contribution in [0.15, 0.2) is 12.1 Å². The predicted octanol–water partition coefficient (Wildman–Crippen LogP) is 0.461. The van der Waals surface area contributed by atoms with Crippen molar-refractivity contribution in [3.05, 3.63) is 17.8 Å². The molecule has 0 atom stereocenters. The third-order valence-electron chi connectivity index (χ3n) is 2.93. The number of nitrogens with zero attached hydrogens (tertiary/aromatic N) is 2. The summed E-state index contributed by atoms with van der Waals surface area (Å²) in [5.74, 6) is 0.137. The van der Waals surface area contributed by atoms with Gasteiger partial charge in [-0.15, -0.1) is 10.2 Å². The molecule has 0 aliphatic rings. The Hall–Kier alpha value is -1.70. The number of amides is 1. The Kier molecular flexibility index (Phi) is 5.04. The molecule has 20 heavy (non-hydrogen) atoms. The molecule has 0 aliphatic carbocycles. The highest BCUT2D eigenvalue weighted by atomic mass is 32.2. The summed E-state index contributed by atoms with van der Waals surface area (Å²) in [5, 5.41) is 13.1. The molecule has 0 fully saturated rings. The van der Waals surface area contributed by atoms with Crippen LogP contribution in [0.5, 0.6) is 0 Å². The molecule has 1 amide bonds. The van der Waals surface area contributed by atoms with Crippen LogP contribution >= 0.6 is 0 Å². The van der Waals surface area contributed by atoms with Crippen LogP contribution in [0.1, 0.15) is 31.3 Å². The fourth-order valence-electron chi connectivity index (χ4n) is 1.24. The molecule has 0 aliphatic heterocycles. The van der Waals surface area contributed by atoms with Gasteiger partial charge < -0.3 is 10.6 Å². The summed E-state index contributed by atoms with van der Waals surface area (Å²) in [6, 6.07) is 3.18. The second-order valence-electron chi connectivity index (χ2n) is 5.05. The van der Waals surface area contributed by atoms with Crippen LogP contribution in [0.2, 0.25) is 0 Å². The van der Waals surface area contributed by atoms with Crippen molar-refractivity contribution in [3.8, 4) is 0 Å². The van der Waals surface area contributed by atoms with Gasteiger partial charge in [-0.3, -0.25) is 4.79 Å². The minimum atomic E-state index is -3.26. The Labute approximate surface area is 119 Å². The standard InChI is InChI=1S/C12H20N4O3S/c1-5-13-10-7-6-9(15-16-10)11(17)14-8-12(2,3)20(4,18)19/h6-7H,5,8H2,1-4H3,(H,13,16)(H,14,17). The summed E-state index contributed by atoms with van der Waals surface area (Å²) < 4.78 is 22.0. The normalized spacial score (nSPS) is 12.0. The SMILES string of the molecule is CCNc1ccc(C(=O)NCC(C)(C)S(C)(=O)=O)nn1. The molecular weight excluding hydrogens is 280 g/mol. The van der Waals surface area contributed by atoms with Gasteiger partial charge in [0.2, 0.25) is 0 Å². The first-order valence-electron chi connectivity index (χ1n) is 6.23. The second-order valence-corrected chi connectivity index (χ2v) is 7.70. The topological polar surface area (TPSA) is 101 Å². The number of sulfone groups is 1.